The van der Waals surface area contributed by atoms with E-state index in [0.29, 0.717) is 10.2 Å². The van der Waals surface area contributed by atoms with Crippen molar-refractivity contribution in [3.63, 3.8) is 0 Å². The summed E-state index contributed by atoms with van der Waals surface area (Å²) in [6.07, 6.45) is 3.41. The average Bonchev–Trinajstić information content (AvgIpc) is 2.71. The second-order valence-corrected chi connectivity index (χ2v) is 4.57. The van der Waals surface area contributed by atoms with Crippen LogP contribution in [-0.2, 0) is 13.6 Å². The van der Waals surface area contributed by atoms with Gasteiger partial charge in [0.05, 0.1) is 16.7 Å². The number of ketones is 1. The first-order valence-electron chi connectivity index (χ1n) is 5.09. The lowest BCUT2D eigenvalue weighted by atomic mass is 10.3. The normalized spacial score (nSPS) is 10.5. The number of halogens is 1. The van der Waals surface area contributed by atoms with Crippen molar-refractivity contribution in [3.8, 4) is 0 Å². The van der Waals surface area contributed by atoms with Crippen LogP contribution in [0, 0.1) is 0 Å². The molecule has 4 nitrogen and oxygen atoms in total. The van der Waals surface area contributed by atoms with Crippen LogP contribution in [0.15, 0.2) is 45.9 Å². The fourth-order valence-electron chi connectivity index (χ4n) is 1.62. The number of pyridine rings is 1. The first kappa shape index (κ1) is 11.9. The standard InChI is InChI=1S/C12H11BrN2O2/c1-14-6-3-5-10(14)11(16)8-15-7-2-4-9(13)12(15)17/h2-7H,8H2,1H3. The van der Waals surface area contributed by atoms with Crippen LogP contribution in [0.4, 0.5) is 0 Å². The van der Waals surface area contributed by atoms with Gasteiger partial charge in [-0.1, -0.05) is 0 Å². The second-order valence-electron chi connectivity index (χ2n) is 3.72. The zero-order valence-electron chi connectivity index (χ0n) is 9.26. The van der Waals surface area contributed by atoms with Gasteiger partial charge < -0.3 is 9.13 Å². The molecule has 0 aliphatic rings. The predicted molar refractivity (Wildman–Crippen MR) is 68.1 cm³/mol. The molecule has 0 bridgehead atoms. The summed E-state index contributed by atoms with van der Waals surface area (Å²) in [6, 6.07) is 6.93. The van der Waals surface area contributed by atoms with Crippen LogP contribution < -0.4 is 5.56 Å². The minimum absolute atomic E-state index is 0.0517. The van der Waals surface area contributed by atoms with Crippen molar-refractivity contribution in [1.29, 1.82) is 0 Å². The third kappa shape index (κ3) is 2.39. The van der Waals surface area contributed by atoms with Crippen molar-refractivity contribution in [2.75, 3.05) is 0 Å². The van der Waals surface area contributed by atoms with Gasteiger partial charge in [-0.15, -0.1) is 0 Å². The number of aromatic nitrogens is 2. The average molecular weight is 295 g/mol. The summed E-state index contributed by atoms with van der Waals surface area (Å²) in [4.78, 5) is 23.7. The Morgan fingerprint density at radius 3 is 2.65 bits per heavy atom. The van der Waals surface area contributed by atoms with Crippen LogP contribution in [0.5, 0.6) is 0 Å². The molecule has 0 unspecified atom stereocenters. The van der Waals surface area contributed by atoms with Crippen LogP contribution in [0.3, 0.4) is 0 Å². The molecule has 0 aliphatic carbocycles. The number of carbonyl (C=O) groups is 1. The van der Waals surface area contributed by atoms with E-state index in [0.717, 1.165) is 0 Å². The Morgan fingerprint density at radius 2 is 2.00 bits per heavy atom. The quantitative estimate of drug-likeness (QED) is 0.811. The lowest BCUT2D eigenvalue weighted by Crippen LogP contribution is -2.24. The molecule has 0 aliphatic heterocycles. The van der Waals surface area contributed by atoms with Gasteiger partial charge in [0.25, 0.3) is 5.56 Å². The molecule has 2 aromatic rings. The van der Waals surface area contributed by atoms with E-state index >= 15 is 0 Å². The van der Waals surface area contributed by atoms with Gasteiger partial charge in [0, 0.05) is 19.4 Å². The summed E-state index contributed by atoms with van der Waals surface area (Å²) in [5, 5.41) is 0. The Kier molecular flexibility index (Phi) is 3.28. The van der Waals surface area contributed by atoms with Crippen molar-refractivity contribution in [2.45, 2.75) is 6.54 Å². The number of carbonyl (C=O) groups excluding carboxylic acids is 1. The molecule has 17 heavy (non-hydrogen) atoms. The van der Waals surface area contributed by atoms with Gasteiger partial charge in [0.2, 0.25) is 0 Å². The van der Waals surface area contributed by atoms with Gasteiger partial charge in [-0.2, -0.15) is 0 Å². The van der Waals surface area contributed by atoms with Crippen molar-refractivity contribution in [1.82, 2.24) is 9.13 Å². The van der Waals surface area contributed by atoms with Gasteiger partial charge in [-0.25, -0.2) is 0 Å². The highest BCUT2D eigenvalue weighted by molar-refractivity contribution is 9.10. The third-order valence-corrected chi connectivity index (χ3v) is 3.12. The largest absolute Gasteiger partial charge is 0.348 e. The molecular weight excluding hydrogens is 284 g/mol. The van der Waals surface area contributed by atoms with Crippen molar-refractivity contribution >= 4 is 21.7 Å². The number of aryl methyl sites for hydroxylation is 1. The highest BCUT2D eigenvalue weighted by Gasteiger charge is 2.11. The zero-order valence-corrected chi connectivity index (χ0v) is 10.8. The molecule has 0 spiro atoms. The minimum atomic E-state index is -0.199. The molecule has 2 heterocycles. The van der Waals surface area contributed by atoms with Crippen molar-refractivity contribution in [3.05, 3.63) is 57.2 Å². The maximum Gasteiger partial charge on any atom is 0.265 e. The summed E-state index contributed by atoms with van der Waals surface area (Å²) in [5.41, 5.74) is 0.395. The summed E-state index contributed by atoms with van der Waals surface area (Å²) in [7, 11) is 1.80. The first-order chi connectivity index (χ1) is 8.09. The predicted octanol–water partition coefficient (Wildman–Crippen LogP) is 1.83. The molecule has 0 saturated heterocycles. The number of hydrogen-bond donors (Lipinski definition) is 0. The molecular formula is C12H11BrN2O2. The third-order valence-electron chi connectivity index (χ3n) is 2.52. The van der Waals surface area contributed by atoms with E-state index in [4.69, 9.17) is 0 Å². The zero-order chi connectivity index (χ0) is 12.4. The molecule has 0 amide bonds. The molecule has 2 aromatic heterocycles. The minimum Gasteiger partial charge on any atom is -0.348 e. The first-order valence-corrected chi connectivity index (χ1v) is 5.88. The molecule has 0 N–H and O–H groups in total. The molecule has 88 valence electrons. The van der Waals surface area contributed by atoms with E-state index in [1.807, 2.05) is 0 Å². The lowest BCUT2D eigenvalue weighted by molar-refractivity contribution is 0.0963. The van der Waals surface area contributed by atoms with Crippen molar-refractivity contribution < 1.29 is 4.79 Å². The smallest absolute Gasteiger partial charge is 0.265 e. The molecule has 5 heteroatoms. The number of nitrogens with zero attached hydrogens (tertiary/aromatic N) is 2. The van der Waals surface area contributed by atoms with Crippen molar-refractivity contribution in [2.24, 2.45) is 7.05 Å². The van der Waals surface area contributed by atoms with Gasteiger partial charge in [0.15, 0.2) is 5.78 Å². The summed E-state index contributed by atoms with van der Waals surface area (Å²) < 4.78 is 3.59. The van der Waals surface area contributed by atoms with E-state index in [9.17, 15) is 9.59 Å². The van der Waals surface area contributed by atoms with E-state index in [2.05, 4.69) is 15.9 Å². The van der Waals surface area contributed by atoms with E-state index in [1.165, 1.54) is 4.57 Å². The highest BCUT2D eigenvalue weighted by Crippen LogP contribution is 2.04. The fraction of sp³-hybridized carbons (Fsp3) is 0.167. The number of Topliss-reactive ketones (excluding diaryl/α,β-unsaturated/α-hetero) is 1. The van der Waals surface area contributed by atoms with Crippen LogP contribution in [0.1, 0.15) is 10.5 Å². The number of hydrogen-bond acceptors (Lipinski definition) is 2. The maximum absolute atomic E-state index is 12.0. The maximum atomic E-state index is 12.0. The summed E-state index contributed by atoms with van der Waals surface area (Å²) in [5.74, 6) is -0.0855. The Bertz CT molecular complexity index is 613. The van der Waals surface area contributed by atoms with Gasteiger partial charge >= 0.3 is 0 Å². The van der Waals surface area contributed by atoms with E-state index in [-0.39, 0.29) is 17.9 Å². The topological polar surface area (TPSA) is 44.0 Å². The molecule has 0 saturated carbocycles. The summed E-state index contributed by atoms with van der Waals surface area (Å²) >= 11 is 3.15. The Morgan fingerprint density at radius 1 is 1.29 bits per heavy atom. The van der Waals surface area contributed by atoms with Gasteiger partial charge in [-0.3, -0.25) is 9.59 Å². The molecule has 0 atom stereocenters. The molecule has 2 rings (SSSR count). The lowest BCUT2D eigenvalue weighted by Gasteiger charge is -2.06. The molecule has 0 aromatic carbocycles. The monoisotopic (exact) mass is 294 g/mol. The van der Waals surface area contributed by atoms with Crippen LogP contribution in [0.25, 0.3) is 0 Å². The Balaban J connectivity index is 2.28. The highest BCUT2D eigenvalue weighted by atomic mass is 79.9. The Labute approximate surface area is 107 Å². The fourth-order valence-corrected chi connectivity index (χ4v) is 2.00. The second kappa shape index (κ2) is 4.71. The van der Waals surface area contributed by atoms with Gasteiger partial charge in [0.1, 0.15) is 0 Å². The van der Waals surface area contributed by atoms with Crippen LogP contribution >= 0.6 is 15.9 Å². The number of rotatable bonds is 3. The molecule has 0 radical (unpaired) electrons. The van der Waals surface area contributed by atoms with Crippen LogP contribution in [-0.4, -0.2) is 14.9 Å². The molecule has 0 fully saturated rings. The Hall–Kier alpha value is -1.62. The van der Waals surface area contributed by atoms with Gasteiger partial charge in [-0.05, 0) is 40.2 Å². The summed E-state index contributed by atoms with van der Waals surface area (Å²) in [6.45, 7) is 0.0517. The van der Waals surface area contributed by atoms with Crippen LogP contribution in [0.2, 0.25) is 0 Å². The van der Waals surface area contributed by atoms with E-state index < -0.39 is 0 Å². The van der Waals surface area contributed by atoms with E-state index in [1.54, 1.807) is 48.3 Å². The SMILES string of the molecule is Cn1cccc1C(=O)Cn1cccc(Br)c1=O.